The molecule has 69 heavy (non-hydrogen) atoms. The number of benzene rings is 2. The molecule has 2 aliphatic rings. The predicted molar refractivity (Wildman–Crippen MR) is 261 cm³/mol. The summed E-state index contributed by atoms with van der Waals surface area (Å²) in [4.78, 5) is 69.1. The van der Waals surface area contributed by atoms with E-state index in [0.717, 1.165) is 55.6 Å². The summed E-state index contributed by atoms with van der Waals surface area (Å²) >= 11 is 7.79. The number of hydrogen-bond acceptors (Lipinski definition) is 13. The maximum Gasteiger partial charge on any atom is 0.246 e. The number of β-amino-alcohol motifs (C(OH)–C–C–N with tert-alkyl or cyclic N) is 1. The van der Waals surface area contributed by atoms with Crippen molar-refractivity contribution in [3.63, 3.8) is 0 Å². The molecule has 368 valence electrons. The number of aliphatic hydroxyl groups is 1. The van der Waals surface area contributed by atoms with Crippen LogP contribution in [0.4, 0.5) is 0 Å². The summed E-state index contributed by atoms with van der Waals surface area (Å²) in [6.45, 7) is 14.6. The van der Waals surface area contributed by atoms with Crippen molar-refractivity contribution < 1.29 is 38.5 Å². The predicted octanol–water partition coefficient (Wildman–Crippen LogP) is 4.86. The number of rotatable bonds is 20. The van der Waals surface area contributed by atoms with Crippen LogP contribution in [0.1, 0.15) is 84.9 Å². The van der Waals surface area contributed by atoms with Gasteiger partial charge >= 0.3 is 0 Å². The molecule has 1 saturated heterocycles. The first kappa shape index (κ1) is 51.0. The molecule has 5 aromatic rings. The fraction of sp³-hybridized carbons (Fsp3) is 0.469. The number of carbonyl (C=O) groups excluding carboxylic acids is 4. The quantitative estimate of drug-likeness (QED) is 0.0662. The van der Waals surface area contributed by atoms with Gasteiger partial charge in [-0.2, -0.15) is 0 Å². The molecule has 3 aromatic heterocycles. The third kappa shape index (κ3) is 12.5. The van der Waals surface area contributed by atoms with E-state index in [1.807, 2.05) is 107 Å². The fourth-order valence-electron chi connectivity index (χ4n) is 8.37. The van der Waals surface area contributed by atoms with Gasteiger partial charge in [-0.3, -0.25) is 28.7 Å². The molecule has 18 nitrogen and oxygen atoms in total. The summed E-state index contributed by atoms with van der Waals surface area (Å²) in [5.41, 5.74) is 8.53. The molecule has 4 amide bonds. The van der Waals surface area contributed by atoms with Crippen LogP contribution in [0.25, 0.3) is 16.3 Å². The number of aromatic nitrogens is 5. The van der Waals surface area contributed by atoms with Crippen LogP contribution in [0.5, 0.6) is 0 Å². The Labute approximate surface area is 410 Å². The highest BCUT2D eigenvalue weighted by molar-refractivity contribution is 7.13. The topological polar surface area (TPSA) is 227 Å². The average Bonchev–Trinajstić information content (AvgIpc) is 4.08. The molecular weight excluding hydrogens is 924 g/mol. The monoisotopic (exact) mass is 984 g/mol. The maximum absolute atomic E-state index is 14.0. The normalized spacial score (nSPS) is 17.1. The maximum atomic E-state index is 14.0. The number of aromatic amines is 1. The summed E-state index contributed by atoms with van der Waals surface area (Å²) in [5.74, 6) is 0.474. The Morgan fingerprint density at radius 1 is 0.899 bits per heavy atom. The summed E-state index contributed by atoms with van der Waals surface area (Å²) in [6.07, 6.45) is -0.757. The third-order valence-corrected chi connectivity index (χ3v) is 13.4. The number of aliphatic hydroxyl groups excluding tert-OH is 1. The molecule has 1 fully saturated rings. The van der Waals surface area contributed by atoms with Crippen LogP contribution in [-0.2, 0) is 39.9 Å². The molecule has 2 aromatic carbocycles. The van der Waals surface area contributed by atoms with Crippen LogP contribution in [-0.4, -0.2) is 135 Å². The lowest BCUT2D eigenvalue weighted by molar-refractivity contribution is -0.144. The zero-order valence-corrected chi connectivity index (χ0v) is 41.6. The van der Waals surface area contributed by atoms with Crippen molar-refractivity contribution in [3.8, 4) is 16.3 Å². The smallest absolute Gasteiger partial charge is 0.246 e. The number of nitrogens with zero attached hydrogens (tertiary/aromatic N) is 6. The summed E-state index contributed by atoms with van der Waals surface area (Å²) in [7, 11) is 0. The Morgan fingerprint density at radius 2 is 1.58 bits per heavy atom. The van der Waals surface area contributed by atoms with E-state index in [9.17, 15) is 24.3 Å². The zero-order chi connectivity index (χ0) is 49.4. The van der Waals surface area contributed by atoms with Crippen LogP contribution in [0.15, 0.2) is 59.0 Å². The second-order valence-corrected chi connectivity index (χ2v) is 19.6. The number of aryl methyl sites for hydroxylation is 3. The van der Waals surface area contributed by atoms with Crippen molar-refractivity contribution >= 4 is 52.3 Å². The lowest BCUT2D eigenvalue weighted by atomic mass is 9.85. The van der Waals surface area contributed by atoms with Gasteiger partial charge in [0.15, 0.2) is 5.82 Å². The molecule has 2 unspecified atom stereocenters. The van der Waals surface area contributed by atoms with Crippen molar-refractivity contribution in [2.75, 3.05) is 52.7 Å². The number of H-pyrrole nitrogens is 1. The van der Waals surface area contributed by atoms with E-state index in [1.165, 1.54) is 4.90 Å². The fourth-order valence-corrected chi connectivity index (χ4v) is 9.30. The SMILES string of the molecule is Cc1ncsc1-c1ccc(CNC(=O)[C@@H]2C[C@@H](O)CN2C(=O)C(NC(=O)COCCOCCOCCNC(=O)CC2N=C(c3ccc(Cl)cc3)c3c([nH]c(C)c3C)-n3c(C)nnc32)C(C)(C)C)cc1. The van der Waals surface area contributed by atoms with Gasteiger partial charge in [0.2, 0.25) is 23.6 Å². The second kappa shape index (κ2) is 22.7. The molecule has 4 atom stereocenters. The van der Waals surface area contributed by atoms with Crippen molar-refractivity contribution in [2.24, 2.45) is 10.4 Å². The molecule has 0 spiro atoms. The Kier molecular flexibility index (Phi) is 16.8. The standard InChI is InChI=1S/C49H61ClN10O8S/c1-28-29(2)54-46-41(28)42(33-12-14-35(50)15-13-33)55-37(45-58-57-31(4)60(45)46)23-39(62)51-16-17-66-18-19-67-20-21-68-26-40(63)56-44(49(5,6)7)48(65)59-25-36(61)22-38(59)47(64)52-24-32-8-10-34(11-9-32)43-30(3)53-27-69-43/h8-15,27,36-38,44,54,61H,16-26H2,1-7H3,(H,51,62)(H,52,64)(H,56,63)/t36-,37?,38+,44?/m1/s1. The van der Waals surface area contributed by atoms with E-state index in [-0.39, 0.29) is 83.9 Å². The van der Waals surface area contributed by atoms with Gasteiger partial charge in [-0.1, -0.05) is 68.8 Å². The molecular formula is C49H61ClN10O8S. The highest BCUT2D eigenvalue weighted by atomic mass is 35.5. The van der Waals surface area contributed by atoms with Gasteiger partial charge < -0.3 is 45.2 Å². The molecule has 5 heterocycles. The molecule has 0 saturated carbocycles. The first-order valence-electron chi connectivity index (χ1n) is 23.0. The summed E-state index contributed by atoms with van der Waals surface area (Å²) in [6, 6.07) is 12.8. The van der Waals surface area contributed by atoms with Gasteiger partial charge in [-0.15, -0.1) is 21.5 Å². The molecule has 0 radical (unpaired) electrons. The van der Waals surface area contributed by atoms with Gasteiger partial charge in [-0.05, 0) is 61.9 Å². The van der Waals surface area contributed by atoms with Crippen LogP contribution in [0.3, 0.4) is 0 Å². The molecule has 5 N–H and O–H groups in total. The average molecular weight is 986 g/mol. The third-order valence-electron chi connectivity index (χ3n) is 12.1. The molecule has 7 rings (SSSR count). The zero-order valence-electron chi connectivity index (χ0n) is 40.1. The van der Waals surface area contributed by atoms with Gasteiger partial charge in [0.1, 0.15) is 36.4 Å². The van der Waals surface area contributed by atoms with Gasteiger partial charge in [0, 0.05) is 47.9 Å². The number of ether oxygens (including phenoxy) is 3. The van der Waals surface area contributed by atoms with E-state index in [4.69, 9.17) is 30.8 Å². The van der Waals surface area contributed by atoms with Crippen LogP contribution < -0.4 is 16.0 Å². The number of aliphatic imine (C=N–C) groups is 1. The Morgan fingerprint density at radius 3 is 2.26 bits per heavy atom. The van der Waals surface area contributed by atoms with E-state index in [2.05, 4.69) is 36.1 Å². The van der Waals surface area contributed by atoms with E-state index >= 15 is 0 Å². The van der Waals surface area contributed by atoms with Crippen LogP contribution in [0, 0.1) is 33.1 Å². The minimum atomic E-state index is -0.985. The van der Waals surface area contributed by atoms with Crippen molar-refractivity contribution in [3.05, 3.63) is 104 Å². The van der Waals surface area contributed by atoms with Crippen molar-refractivity contribution in [1.29, 1.82) is 0 Å². The number of thiazole rings is 1. The van der Waals surface area contributed by atoms with Gasteiger partial charge in [0.25, 0.3) is 0 Å². The van der Waals surface area contributed by atoms with Crippen LogP contribution in [0.2, 0.25) is 5.02 Å². The number of amides is 4. The number of likely N-dealkylation sites (tertiary alicyclic amines) is 1. The second-order valence-electron chi connectivity index (χ2n) is 18.3. The first-order chi connectivity index (χ1) is 33.0. The van der Waals surface area contributed by atoms with Gasteiger partial charge in [-0.25, -0.2) is 4.98 Å². The number of nitrogens with one attached hydrogen (secondary N) is 4. The van der Waals surface area contributed by atoms with E-state index in [0.29, 0.717) is 16.7 Å². The highest BCUT2D eigenvalue weighted by Crippen LogP contribution is 2.35. The lowest BCUT2D eigenvalue weighted by Gasteiger charge is -2.35. The van der Waals surface area contributed by atoms with E-state index in [1.54, 1.807) is 11.3 Å². The number of hydrogen-bond donors (Lipinski definition) is 5. The Bertz CT molecular complexity index is 2640. The van der Waals surface area contributed by atoms with Crippen molar-refractivity contribution in [2.45, 2.75) is 92.1 Å². The Balaban J connectivity index is 0.797. The Hall–Kier alpha value is -5.83. The number of fused-ring (bicyclic) bond motifs is 3. The summed E-state index contributed by atoms with van der Waals surface area (Å²) in [5, 5.41) is 28.6. The largest absolute Gasteiger partial charge is 0.391 e. The number of halogens is 1. The molecule has 0 bridgehead atoms. The molecule has 2 aliphatic heterocycles. The van der Waals surface area contributed by atoms with Crippen molar-refractivity contribution in [1.82, 2.24) is 45.6 Å². The number of carbonyl (C=O) groups is 4. The van der Waals surface area contributed by atoms with E-state index < -0.39 is 41.5 Å². The van der Waals surface area contributed by atoms with Crippen LogP contribution >= 0.6 is 22.9 Å². The summed E-state index contributed by atoms with van der Waals surface area (Å²) < 4.78 is 18.7. The first-order valence-corrected chi connectivity index (χ1v) is 24.3. The molecule has 0 aliphatic carbocycles. The minimum absolute atomic E-state index is 0.0293. The van der Waals surface area contributed by atoms with Gasteiger partial charge in [0.05, 0.1) is 67.4 Å². The lowest BCUT2D eigenvalue weighted by Crippen LogP contribution is -2.58. The highest BCUT2D eigenvalue weighted by Gasteiger charge is 2.44. The molecule has 20 heteroatoms. The minimum Gasteiger partial charge on any atom is -0.391 e.